The molecular weight excluding hydrogens is 286 g/mol. The van der Waals surface area contributed by atoms with Gasteiger partial charge in [0, 0.05) is 24.5 Å². The van der Waals surface area contributed by atoms with Gasteiger partial charge >= 0.3 is 5.97 Å². The Labute approximate surface area is 130 Å². The Morgan fingerprint density at radius 2 is 2.24 bits per heavy atom. The smallest absolute Gasteiger partial charge is 0.307 e. The van der Waals surface area contributed by atoms with E-state index in [1.807, 2.05) is 6.26 Å². The zero-order valence-electron chi connectivity index (χ0n) is 12.8. The van der Waals surface area contributed by atoms with E-state index in [2.05, 4.69) is 30.0 Å². The number of rotatable bonds is 5. The summed E-state index contributed by atoms with van der Waals surface area (Å²) in [5.74, 6) is 0.384. The third-order valence-electron chi connectivity index (χ3n) is 3.94. The summed E-state index contributed by atoms with van der Waals surface area (Å²) in [6.07, 6.45) is 2.81. The fraction of sp³-hybridized carbons (Fsp3) is 0.562. The quantitative estimate of drug-likeness (QED) is 0.848. The summed E-state index contributed by atoms with van der Waals surface area (Å²) in [6, 6.07) is 6.23. The van der Waals surface area contributed by atoms with Gasteiger partial charge in [-0.25, -0.2) is 0 Å². The fourth-order valence-electron chi connectivity index (χ4n) is 3.01. The van der Waals surface area contributed by atoms with E-state index in [0.29, 0.717) is 12.5 Å². The molecule has 1 heterocycles. The molecule has 21 heavy (non-hydrogen) atoms. The van der Waals surface area contributed by atoms with Crippen molar-refractivity contribution >= 4 is 17.7 Å². The lowest BCUT2D eigenvalue weighted by Crippen LogP contribution is -2.41. The van der Waals surface area contributed by atoms with Crippen molar-refractivity contribution in [2.75, 3.05) is 26.5 Å². The van der Waals surface area contributed by atoms with Gasteiger partial charge < -0.3 is 9.84 Å². The van der Waals surface area contributed by atoms with Gasteiger partial charge in [-0.1, -0.05) is 13.0 Å². The Hall–Kier alpha value is -1.20. The van der Waals surface area contributed by atoms with Gasteiger partial charge in [0.05, 0.1) is 13.0 Å². The van der Waals surface area contributed by atoms with E-state index in [-0.39, 0.29) is 5.92 Å². The summed E-state index contributed by atoms with van der Waals surface area (Å²) in [6.45, 7) is 4.49. The molecule has 116 valence electrons. The third kappa shape index (κ3) is 4.14. The fourth-order valence-corrected chi connectivity index (χ4v) is 3.55. The summed E-state index contributed by atoms with van der Waals surface area (Å²) in [7, 11) is 1.68. The van der Waals surface area contributed by atoms with Crippen LogP contribution in [0.2, 0.25) is 0 Å². The van der Waals surface area contributed by atoms with Crippen LogP contribution in [0.3, 0.4) is 0 Å². The number of carboxylic acids is 1. The van der Waals surface area contributed by atoms with Gasteiger partial charge in [-0.3, -0.25) is 9.69 Å². The molecule has 1 fully saturated rings. The third-order valence-corrected chi connectivity index (χ3v) is 4.72. The number of thioether (sulfide) groups is 1. The van der Waals surface area contributed by atoms with Crippen molar-refractivity contribution < 1.29 is 14.6 Å². The molecule has 0 amide bonds. The van der Waals surface area contributed by atoms with Crippen LogP contribution in [-0.2, 0) is 11.3 Å². The predicted molar refractivity (Wildman–Crippen MR) is 85.0 cm³/mol. The standard InChI is InChI=1S/C16H23NO3S/c1-11-6-13(16(18)19)10-17(8-11)9-12-4-5-15(21-3)14(7-12)20-2/h4-5,7,11,13H,6,8-10H2,1-3H3,(H,18,19). The van der Waals surface area contributed by atoms with Gasteiger partial charge in [-0.15, -0.1) is 11.8 Å². The van der Waals surface area contributed by atoms with Crippen LogP contribution < -0.4 is 4.74 Å². The Morgan fingerprint density at radius 3 is 2.86 bits per heavy atom. The van der Waals surface area contributed by atoms with Gasteiger partial charge in [0.1, 0.15) is 5.75 Å². The molecule has 1 saturated heterocycles. The first kappa shape index (κ1) is 16.2. The number of methoxy groups -OCH3 is 1. The largest absolute Gasteiger partial charge is 0.496 e. The molecule has 2 unspecified atom stereocenters. The van der Waals surface area contributed by atoms with Crippen LogP contribution in [0.15, 0.2) is 23.1 Å². The maximum Gasteiger partial charge on any atom is 0.307 e. The highest BCUT2D eigenvalue weighted by Gasteiger charge is 2.29. The zero-order valence-corrected chi connectivity index (χ0v) is 13.7. The lowest BCUT2D eigenvalue weighted by atomic mass is 9.90. The Kier molecular flexibility index (Phi) is 5.53. The number of ether oxygens (including phenoxy) is 1. The highest BCUT2D eigenvalue weighted by molar-refractivity contribution is 7.98. The van der Waals surface area contributed by atoms with Gasteiger partial charge in [0.2, 0.25) is 0 Å². The zero-order chi connectivity index (χ0) is 15.4. The molecule has 0 aromatic heterocycles. The molecule has 2 atom stereocenters. The molecule has 1 aliphatic rings. The summed E-state index contributed by atoms with van der Waals surface area (Å²) < 4.78 is 5.41. The van der Waals surface area contributed by atoms with E-state index in [0.717, 1.165) is 30.2 Å². The highest BCUT2D eigenvalue weighted by atomic mass is 32.2. The molecule has 1 aliphatic heterocycles. The molecular formula is C16H23NO3S. The molecule has 1 aromatic rings. The molecule has 1 aromatic carbocycles. The summed E-state index contributed by atoms with van der Waals surface area (Å²) in [5.41, 5.74) is 1.17. The van der Waals surface area contributed by atoms with E-state index >= 15 is 0 Å². The van der Waals surface area contributed by atoms with Crippen LogP contribution in [0.1, 0.15) is 18.9 Å². The van der Waals surface area contributed by atoms with E-state index in [4.69, 9.17) is 4.74 Å². The minimum Gasteiger partial charge on any atom is -0.496 e. The summed E-state index contributed by atoms with van der Waals surface area (Å²) in [5, 5.41) is 9.24. The van der Waals surface area contributed by atoms with Crippen molar-refractivity contribution in [3.8, 4) is 5.75 Å². The van der Waals surface area contributed by atoms with Crippen molar-refractivity contribution in [2.45, 2.75) is 24.8 Å². The number of hydrogen-bond acceptors (Lipinski definition) is 4. The number of likely N-dealkylation sites (tertiary alicyclic amines) is 1. The minimum absolute atomic E-state index is 0.249. The van der Waals surface area contributed by atoms with Gasteiger partial charge in [-0.2, -0.15) is 0 Å². The van der Waals surface area contributed by atoms with Crippen molar-refractivity contribution in [1.29, 1.82) is 0 Å². The first-order valence-electron chi connectivity index (χ1n) is 7.19. The molecule has 0 bridgehead atoms. The van der Waals surface area contributed by atoms with E-state index in [9.17, 15) is 9.90 Å². The van der Waals surface area contributed by atoms with E-state index in [1.165, 1.54) is 5.56 Å². The topological polar surface area (TPSA) is 49.8 Å². The number of nitrogens with zero attached hydrogens (tertiary/aromatic N) is 1. The maximum atomic E-state index is 11.2. The molecule has 4 nitrogen and oxygen atoms in total. The number of carboxylic acid groups (broad SMARTS) is 1. The molecule has 2 rings (SSSR count). The predicted octanol–water partition coefficient (Wildman–Crippen LogP) is 2.96. The first-order valence-corrected chi connectivity index (χ1v) is 8.42. The Balaban J connectivity index is 2.08. The van der Waals surface area contributed by atoms with Crippen LogP contribution in [0.4, 0.5) is 0 Å². The molecule has 0 saturated carbocycles. The van der Waals surface area contributed by atoms with Crippen LogP contribution in [0.5, 0.6) is 5.75 Å². The normalized spacial score (nSPS) is 23.0. The lowest BCUT2D eigenvalue weighted by molar-refractivity contribution is -0.144. The van der Waals surface area contributed by atoms with Crippen molar-refractivity contribution in [2.24, 2.45) is 11.8 Å². The monoisotopic (exact) mass is 309 g/mol. The minimum atomic E-state index is -0.679. The molecule has 5 heteroatoms. The number of carbonyl (C=O) groups is 1. The maximum absolute atomic E-state index is 11.2. The average Bonchev–Trinajstić information content (AvgIpc) is 2.46. The lowest BCUT2D eigenvalue weighted by Gasteiger charge is -2.34. The second-order valence-electron chi connectivity index (χ2n) is 5.76. The van der Waals surface area contributed by atoms with Gasteiger partial charge in [-0.05, 0) is 36.3 Å². The SMILES string of the molecule is COc1cc(CN2CC(C)CC(C(=O)O)C2)ccc1SC. The van der Waals surface area contributed by atoms with Crippen molar-refractivity contribution in [3.05, 3.63) is 23.8 Å². The molecule has 0 aliphatic carbocycles. The Morgan fingerprint density at radius 1 is 1.48 bits per heavy atom. The van der Waals surface area contributed by atoms with Crippen LogP contribution in [-0.4, -0.2) is 42.4 Å². The second-order valence-corrected chi connectivity index (χ2v) is 6.61. The Bertz CT molecular complexity index is 506. The van der Waals surface area contributed by atoms with Crippen LogP contribution in [0.25, 0.3) is 0 Å². The number of aliphatic carboxylic acids is 1. The summed E-state index contributed by atoms with van der Waals surface area (Å²) >= 11 is 1.66. The second kappa shape index (κ2) is 7.18. The van der Waals surface area contributed by atoms with Crippen LogP contribution >= 0.6 is 11.8 Å². The highest BCUT2D eigenvalue weighted by Crippen LogP contribution is 2.30. The van der Waals surface area contributed by atoms with Crippen molar-refractivity contribution in [1.82, 2.24) is 4.90 Å². The first-order chi connectivity index (χ1) is 10.0. The van der Waals surface area contributed by atoms with E-state index in [1.54, 1.807) is 18.9 Å². The number of hydrogen-bond donors (Lipinski definition) is 1. The van der Waals surface area contributed by atoms with Crippen LogP contribution in [0, 0.1) is 11.8 Å². The van der Waals surface area contributed by atoms with Crippen molar-refractivity contribution in [3.63, 3.8) is 0 Å². The summed E-state index contributed by atoms with van der Waals surface area (Å²) in [4.78, 5) is 14.6. The number of benzene rings is 1. The molecule has 1 N–H and O–H groups in total. The van der Waals surface area contributed by atoms with Gasteiger partial charge in [0.25, 0.3) is 0 Å². The molecule has 0 spiro atoms. The number of piperidine rings is 1. The average molecular weight is 309 g/mol. The van der Waals surface area contributed by atoms with Gasteiger partial charge in [0.15, 0.2) is 0 Å². The van der Waals surface area contributed by atoms with E-state index < -0.39 is 5.97 Å². The molecule has 0 radical (unpaired) electrons.